The van der Waals surface area contributed by atoms with Crippen LogP contribution in [0.3, 0.4) is 0 Å². The van der Waals surface area contributed by atoms with Crippen molar-refractivity contribution in [1.82, 2.24) is 14.5 Å². The van der Waals surface area contributed by atoms with Gasteiger partial charge in [-0.05, 0) is 62.9 Å². The molecule has 0 amide bonds. The van der Waals surface area contributed by atoms with E-state index >= 15 is 0 Å². The molecule has 48 heavy (non-hydrogen) atoms. The monoisotopic (exact) mass is 629 g/mol. The van der Waals surface area contributed by atoms with Gasteiger partial charge in [0.25, 0.3) is 0 Å². The molecule has 224 valence electrons. The van der Waals surface area contributed by atoms with Gasteiger partial charge < -0.3 is 0 Å². The first-order valence-corrected chi connectivity index (χ1v) is 17.3. The Balaban J connectivity index is 1.27. The highest BCUT2D eigenvalue weighted by atomic mass is 32.1. The smallest absolute Gasteiger partial charge is 0.165 e. The number of hydrogen-bond donors (Lipinski definition) is 0. The first-order valence-electron chi connectivity index (χ1n) is 16.5. The zero-order valence-electron chi connectivity index (χ0n) is 25.8. The fraction of sp³-hybridized carbons (Fsp3) is 0.0455. The topological polar surface area (TPSA) is 30.7 Å². The van der Waals surface area contributed by atoms with Crippen molar-refractivity contribution in [2.45, 2.75) is 11.8 Å². The molecule has 0 saturated carbocycles. The lowest BCUT2D eigenvalue weighted by Gasteiger charge is -2.37. The van der Waals surface area contributed by atoms with Crippen LogP contribution in [0.25, 0.3) is 75.5 Å². The second-order valence-electron chi connectivity index (χ2n) is 12.9. The summed E-state index contributed by atoms with van der Waals surface area (Å²) in [4.78, 5) is 12.2. The highest BCUT2D eigenvalue weighted by Gasteiger charge is 2.38. The fourth-order valence-electron chi connectivity index (χ4n) is 8.35. The van der Waals surface area contributed by atoms with Crippen molar-refractivity contribution in [2.24, 2.45) is 0 Å². The molecule has 0 saturated heterocycles. The van der Waals surface area contributed by atoms with E-state index in [1.165, 1.54) is 54.1 Å². The second-order valence-corrected chi connectivity index (χ2v) is 13.9. The predicted molar refractivity (Wildman–Crippen MR) is 201 cm³/mol. The van der Waals surface area contributed by atoms with Crippen LogP contribution in [0.1, 0.15) is 28.7 Å². The largest absolute Gasteiger partial charge is 0.292 e. The average Bonchev–Trinajstić information content (AvgIpc) is 3.67. The van der Waals surface area contributed by atoms with Gasteiger partial charge in [-0.25, -0.2) is 9.97 Å². The van der Waals surface area contributed by atoms with Gasteiger partial charge in [0.1, 0.15) is 16.0 Å². The van der Waals surface area contributed by atoms with Crippen molar-refractivity contribution < 1.29 is 0 Å². The summed E-state index contributed by atoms with van der Waals surface area (Å²) in [6, 6.07) is 48.5. The van der Waals surface area contributed by atoms with E-state index < -0.39 is 0 Å². The summed E-state index contributed by atoms with van der Waals surface area (Å²) < 4.78 is 3.58. The third-order valence-electron chi connectivity index (χ3n) is 10.4. The first kappa shape index (κ1) is 26.3. The van der Waals surface area contributed by atoms with E-state index in [1.54, 1.807) is 11.3 Å². The first-order chi connectivity index (χ1) is 23.8. The summed E-state index contributed by atoms with van der Waals surface area (Å²) in [6.07, 6.45) is 6.91. The van der Waals surface area contributed by atoms with Gasteiger partial charge in [0.05, 0.1) is 11.0 Å². The molecule has 3 aromatic heterocycles. The number of aromatic nitrogens is 3. The maximum absolute atomic E-state index is 5.66. The van der Waals surface area contributed by atoms with E-state index in [0.717, 1.165) is 38.3 Å². The maximum atomic E-state index is 5.66. The molecule has 9 aromatic rings. The van der Waals surface area contributed by atoms with E-state index in [0.29, 0.717) is 0 Å². The van der Waals surface area contributed by atoms with E-state index in [9.17, 15) is 0 Å². The lowest BCUT2D eigenvalue weighted by molar-refractivity contribution is 0.732. The van der Waals surface area contributed by atoms with Gasteiger partial charge in [-0.1, -0.05) is 127 Å². The normalized spacial score (nSPS) is 16.8. The summed E-state index contributed by atoms with van der Waals surface area (Å²) in [7, 11) is 0. The minimum atomic E-state index is 0.102. The number of allylic oxidation sites excluding steroid dienone is 4. The van der Waals surface area contributed by atoms with Crippen molar-refractivity contribution in [3.8, 4) is 16.9 Å². The Bertz CT molecular complexity index is 2870. The molecule has 4 heteroatoms. The molecule has 3 nitrogen and oxygen atoms in total. The lowest BCUT2D eigenvalue weighted by atomic mass is 9.66. The zero-order chi connectivity index (χ0) is 31.3. The van der Waals surface area contributed by atoms with Crippen LogP contribution in [0.15, 0.2) is 152 Å². The molecule has 0 radical (unpaired) electrons. The number of hydrogen-bond acceptors (Lipinski definition) is 3. The number of fused-ring (bicyclic) bond motifs is 13. The Hall–Kier alpha value is -5.84. The molecule has 0 fully saturated rings. The van der Waals surface area contributed by atoms with E-state index in [1.807, 2.05) is 0 Å². The van der Waals surface area contributed by atoms with Crippen LogP contribution < -0.4 is 0 Å². The molecule has 2 aliphatic carbocycles. The summed E-state index contributed by atoms with van der Waals surface area (Å²) >= 11 is 1.72. The number of rotatable bonds is 2. The van der Waals surface area contributed by atoms with E-state index in [-0.39, 0.29) is 11.8 Å². The third kappa shape index (κ3) is 3.58. The van der Waals surface area contributed by atoms with Gasteiger partial charge in [-0.3, -0.25) is 4.57 Å². The molecule has 11 rings (SSSR count). The van der Waals surface area contributed by atoms with Gasteiger partial charge in [-0.2, -0.15) is 0 Å². The Morgan fingerprint density at radius 3 is 2.15 bits per heavy atom. The van der Waals surface area contributed by atoms with Crippen LogP contribution in [-0.2, 0) is 0 Å². The molecule has 0 aliphatic heterocycles. The standard InChI is InChI=1S/C44H27N3S/c1-2-13-27-25-38-36(24-26(27)12-1)31-17-7-9-22-37(31)47(38)43-41(45-42-34-19-8-10-23-39(34)48-44(42)46-43)35-21-11-20-33-30-15-4-3-14-28(30)29-16-5-6-18-32(29)40(33)35/h1-25,33,40H. The van der Waals surface area contributed by atoms with Crippen molar-refractivity contribution in [3.63, 3.8) is 0 Å². The van der Waals surface area contributed by atoms with Crippen LogP contribution >= 0.6 is 11.3 Å². The van der Waals surface area contributed by atoms with E-state index in [4.69, 9.17) is 9.97 Å². The molecule has 6 aromatic carbocycles. The minimum Gasteiger partial charge on any atom is -0.292 e. The van der Waals surface area contributed by atoms with Gasteiger partial charge in [0, 0.05) is 32.7 Å². The predicted octanol–water partition coefficient (Wildman–Crippen LogP) is 11.6. The Kier molecular flexibility index (Phi) is 5.38. The molecular weight excluding hydrogens is 603 g/mol. The number of benzene rings is 6. The average molecular weight is 630 g/mol. The maximum Gasteiger partial charge on any atom is 0.165 e. The highest BCUT2D eigenvalue weighted by molar-refractivity contribution is 7.25. The van der Waals surface area contributed by atoms with Gasteiger partial charge >= 0.3 is 0 Å². The molecule has 2 unspecified atom stereocenters. The van der Waals surface area contributed by atoms with Crippen LogP contribution in [0, 0.1) is 0 Å². The van der Waals surface area contributed by atoms with Crippen molar-refractivity contribution >= 4 is 69.9 Å². The molecule has 3 heterocycles. The second kappa shape index (κ2) is 9.83. The van der Waals surface area contributed by atoms with Crippen LogP contribution in [0.5, 0.6) is 0 Å². The third-order valence-corrected chi connectivity index (χ3v) is 11.5. The van der Waals surface area contributed by atoms with Crippen LogP contribution in [0.2, 0.25) is 0 Å². The SMILES string of the molecule is C1=CC2c3ccccc3-c3ccccc3C2C(c2nc3c(nc2-n2c4ccccc4c4cc5ccccc5cc42)sc2ccccc23)=C1. The Morgan fingerprint density at radius 2 is 1.27 bits per heavy atom. The quantitative estimate of drug-likeness (QED) is 0.190. The van der Waals surface area contributed by atoms with Crippen molar-refractivity contribution in [1.29, 1.82) is 0 Å². The lowest BCUT2D eigenvalue weighted by Crippen LogP contribution is -2.21. The zero-order valence-corrected chi connectivity index (χ0v) is 26.7. The van der Waals surface area contributed by atoms with Gasteiger partial charge in [-0.15, -0.1) is 11.3 Å². The summed E-state index contributed by atoms with van der Waals surface area (Å²) in [6.45, 7) is 0. The highest BCUT2D eigenvalue weighted by Crippen LogP contribution is 2.55. The van der Waals surface area contributed by atoms with Crippen LogP contribution in [-0.4, -0.2) is 14.5 Å². The minimum absolute atomic E-state index is 0.102. The van der Waals surface area contributed by atoms with Gasteiger partial charge in [0.2, 0.25) is 0 Å². The summed E-state index contributed by atoms with van der Waals surface area (Å²) in [5.74, 6) is 1.18. The van der Waals surface area contributed by atoms with E-state index in [2.05, 4.69) is 156 Å². The molecule has 2 atom stereocenters. The molecular formula is C44H27N3S. The number of thiophene rings is 1. The van der Waals surface area contributed by atoms with Crippen LogP contribution in [0.4, 0.5) is 0 Å². The molecule has 2 aliphatic rings. The molecule has 0 bridgehead atoms. The summed E-state index contributed by atoms with van der Waals surface area (Å²) in [5, 5.41) is 6.04. The molecule has 0 N–H and O–H groups in total. The fourth-order valence-corrected chi connectivity index (χ4v) is 9.36. The van der Waals surface area contributed by atoms with Gasteiger partial charge in [0.15, 0.2) is 5.82 Å². The molecule has 0 spiro atoms. The Labute approximate surface area is 280 Å². The van der Waals surface area contributed by atoms with Crippen molar-refractivity contribution in [3.05, 3.63) is 169 Å². The summed E-state index contributed by atoms with van der Waals surface area (Å²) in [5.41, 5.74) is 10.7. The Morgan fingerprint density at radius 1 is 0.583 bits per heavy atom. The van der Waals surface area contributed by atoms with Crippen molar-refractivity contribution in [2.75, 3.05) is 0 Å². The number of para-hydroxylation sites is 1. The number of nitrogens with zero attached hydrogens (tertiary/aromatic N) is 3.